The zero-order chi connectivity index (χ0) is 13.1. The third-order valence-electron chi connectivity index (χ3n) is 5.41. The van der Waals surface area contributed by atoms with Gasteiger partial charge in [0.05, 0.1) is 0 Å². The molecule has 6 unspecified atom stereocenters. The minimum atomic E-state index is 0.407. The summed E-state index contributed by atoms with van der Waals surface area (Å²) in [7, 11) is 0. The van der Waals surface area contributed by atoms with Crippen LogP contribution in [0.2, 0.25) is 0 Å². The van der Waals surface area contributed by atoms with Gasteiger partial charge in [0.2, 0.25) is 0 Å². The molecule has 2 aliphatic carbocycles. The van der Waals surface area contributed by atoms with Crippen LogP contribution in [0.5, 0.6) is 0 Å². The molecule has 0 saturated heterocycles. The van der Waals surface area contributed by atoms with E-state index in [1.807, 2.05) is 0 Å². The lowest BCUT2D eigenvalue weighted by molar-refractivity contribution is 0.188. The molecule has 0 aromatic carbocycles. The fourth-order valence-corrected chi connectivity index (χ4v) is 3.72. The van der Waals surface area contributed by atoms with Crippen molar-refractivity contribution < 1.29 is 0 Å². The van der Waals surface area contributed by atoms with E-state index in [4.69, 9.17) is 11.5 Å². The van der Waals surface area contributed by atoms with Crippen LogP contribution in [0.1, 0.15) is 52.4 Å². The van der Waals surface area contributed by atoms with Gasteiger partial charge in [0.25, 0.3) is 0 Å². The maximum absolute atomic E-state index is 6.18. The average molecular weight is 253 g/mol. The molecule has 0 spiro atoms. The highest BCUT2D eigenvalue weighted by atomic mass is 14.9. The third-order valence-corrected chi connectivity index (χ3v) is 5.41. The molecule has 3 heteroatoms. The zero-order valence-corrected chi connectivity index (χ0v) is 12.1. The van der Waals surface area contributed by atoms with Gasteiger partial charge in [-0.3, -0.25) is 0 Å². The molecular formula is C15H31N3. The maximum atomic E-state index is 6.18. The summed E-state index contributed by atoms with van der Waals surface area (Å²) in [5, 5.41) is 3.79. The molecule has 0 heterocycles. The lowest BCUT2D eigenvalue weighted by Crippen LogP contribution is -2.48. The quantitative estimate of drug-likeness (QED) is 0.719. The molecule has 2 rings (SSSR count). The Morgan fingerprint density at radius 1 is 1.06 bits per heavy atom. The van der Waals surface area contributed by atoms with E-state index in [1.54, 1.807) is 0 Å². The fraction of sp³-hybridized carbons (Fsp3) is 1.00. The van der Waals surface area contributed by atoms with Crippen molar-refractivity contribution >= 4 is 0 Å². The number of hydrogen-bond donors (Lipinski definition) is 3. The first-order valence-electron chi connectivity index (χ1n) is 7.82. The van der Waals surface area contributed by atoms with E-state index in [9.17, 15) is 0 Å². The van der Waals surface area contributed by atoms with Crippen molar-refractivity contribution in [3.8, 4) is 0 Å². The van der Waals surface area contributed by atoms with Crippen molar-refractivity contribution in [1.29, 1.82) is 0 Å². The average Bonchev–Trinajstić information content (AvgIpc) is 2.35. The van der Waals surface area contributed by atoms with Crippen molar-refractivity contribution in [2.24, 2.45) is 29.2 Å². The monoisotopic (exact) mass is 253 g/mol. The van der Waals surface area contributed by atoms with Gasteiger partial charge in [-0.1, -0.05) is 20.3 Å². The third kappa shape index (κ3) is 3.46. The van der Waals surface area contributed by atoms with Crippen LogP contribution in [0.25, 0.3) is 0 Å². The van der Waals surface area contributed by atoms with Crippen LogP contribution in [0.15, 0.2) is 0 Å². The predicted octanol–water partition coefficient (Wildman–Crippen LogP) is 1.86. The standard InChI is InChI=1S/C15H31N3/c1-10-6-7-13(16)8-15(10)18-9-12-4-3-5-14(17)11(12)2/h10-15,18H,3-9,16-17H2,1-2H3. The van der Waals surface area contributed by atoms with Crippen LogP contribution in [0.4, 0.5) is 0 Å². The van der Waals surface area contributed by atoms with Crippen molar-refractivity contribution in [2.75, 3.05) is 6.54 Å². The molecule has 0 amide bonds. The molecule has 2 aliphatic rings. The number of hydrogen-bond acceptors (Lipinski definition) is 3. The van der Waals surface area contributed by atoms with Crippen LogP contribution >= 0.6 is 0 Å². The largest absolute Gasteiger partial charge is 0.328 e. The molecule has 0 bridgehead atoms. The first-order chi connectivity index (χ1) is 8.58. The second-order valence-corrected chi connectivity index (χ2v) is 6.78. The smallest absolute Gasteiger partial charge is 0.0107 e. The summed E-state index contributed by atoms with van der Waals surface area (Å²) >= 11 is 0. The van der Waals surface area contributed by atoms with E-state index in [0.29, 0.717) is 24.0 Å². The molecule has 0 aliphatic heterocycles. The van der Waals surface area contributed by atoms with Crippen molar-refractivity contribution in [1.82, 2.24) is 5.32 Å². The van der Waals surface area contributed by atoms with Gasteiger partial charge in [-0.25, -0.2) is 0 Å². The molecule has 5 N–H and O–H groups in total. The maximum Gasteiger partial charge on any atom is 0.0107 e. The fourth-order valence-electron chi connectivity index (χ4n) is 3.72. The summed E-state index contributed by atoms with van der Waals surface area (Å²) in [6, 6.07) is 1.44. The molecule has 3 nitrogen and oxygen atoms in total. The molecular weight excluding hydrogens is 222 g/mol. The zero-order valence-electron chi connectivity index (χ0n) is 12.1. The van der Waals surface area contributed by atoms with Crippen molar-refractivity contribution in [3.63, 3.8) is 0 Å². The van der Waals surface area contributed by atoms with Gasteiger partial charge in [0.1, 0.15) is 0 Å². The Bertz CT molecular complexity index is 254. The van der Waals surface area contributed by atoms with Crippen LogP contribution in [-0.4, -0.2) is 24.7 Å². The predicted molar refractivity (Wildman–Crippen MR) is 77.3 cm³/mol. The molecule has 2 saturated carbocycles. The van der Waals surface area contributed by atoms with Crippen LogP contribution in [0.3, 0.4) is 0 Å². The van der Waals surface area contributed by atoms with Gasteiger partial charge in [0, 0.05) is 18.1 Å². The minimum Gasteiger partial charge on any atom is -0.328 e. The summed E-state index contributed by atoms with van der Waals surface area (Å²) in [4.78, 5) is 0. The summed E-state index contributed by atoms with van der Waals surface area (Å²) in [6.07, 6.45) is 7.48. The second kappa shape index (κ2) is 6.36. The van der Waals surface area contributed by atoms with Gasteiger partial charge < -0.3 is 16.8 Å². The van der Waals surface area contributed by atoms with E-state index in [0.717, 1.165) is 24.8 Å². The topological polar surface area (TPSA) is 64.1 Å². The van der Waals surface area contributed by atoms with Gasteiger partial charge >= 0.3 is 0 Å². The van der Waals surface area contributed by atoms with Crippen LogP contribution < -0.4 is 16.8 Å². The normalized spacial score (nSPS) is 46.0. The van der Waals surface area contributed by atoms with Gasteiger partial charge in [-0.2, -0.15) is 0 Å². The Labute approximate surface area is 112 Å². The van der Waals surface area contributed by atoms with Gasteiger partial charge in [0.15, 0.2) is 0 Å². The lowest BCUT2D eigenvalue weighted by atomic mass is 9.76. The molecule has 0 aromatic heterocycles. The van der Waals surface area contributed by atoms with E-state index >= 15 is 0 Å². The first kappa shape index (κ1) is 14.3. The second-order valence-electron chi connectivity index (χ2n) is 6.78. The summed E-state index contributed by atoms with van der Waals surface area (Å²) in [6.45, 7) is 5.82. The van der Waals surface area contributed by atoms with Crippen molar-refractivity contribution in [2.45, 2.75) is 70.5 Å². The van der Waals surface area contributed by atoms with Crippen molar-refractivity contribution in [3.05, 3.63) is 0 Å². The minimum absolute atomic E-state index is 0.407. The van der Waals surface area contributed by atoms with Gasteiger partial charge in [-0.15, -0.1) is 0 Å². The Hall–Kier alpha value is -0.120. The SMILES string of the molecule is CC1CCC(N)CC1NCC1CCCC(N)C1C. The van der Waals surface area contributed by atoms with E-state index < -0.39 is 0 Å². The van der Waals surface area contributed by atoms with Gasteiger partial charge in [-0.05, 0) is 56.4 Å². The highest BCUT2D eigenvalue weighted by Gasteiger charge is 2.30. The molecule has 2 fully saturated rings. The Kier molecular flexibility index (Phi) is 5.05. The molecule has 0 radical (unpaired) electrons. The van der Waals surface area contributed by atoms with E-state index in [1.165, 1.54) is 32.1 Å². The van der Waals surface area contributed by atoms with Crippen LogP contribution in [-0.2, 0) is 0 Å². The van der Waals surface area contributed by atoms with E-state index in [2.05, 4.69) is 19.2 Å². The number of nitrogens with two attached hydrogens (primary N) is 2. The molecule has 0 aromatic rings. The highest BCUT2D eigenvalue weighted by molar-refractivity contribution is 4.88. The van der Waals surface area contributed by atoms with E-state index in [-0.39, 0.29) is 0 Å². The van der Waals surface area contributed by atoms with Crippen LogP contribution in [0, 0.1) is 17.8 Å². The first-order valence-corrected chi connectivity index (χ1v) is 7.82. The highest BCUT2D eigenvalue weighted by Crippen LogP contribution is 2.29. The lowest BCUT2D eigenvalue weighted by Gasteiger charge is -2.38. The Morgan fingerprint density at radius 3 is 2.61 bits per heavy atom. The number of nitrogens with one attached hydrogen (secondary N) is 1. The summed E-state index contributed by atoms with van der Waals surface area (Å²) in [5.41, 5.74) is 12.3. The molecule has 18 heavy (non-hydrogen) atoms. The number of rotatable bonds is 3. The molecule has 106 valence electrons. The summed E-state index contributed by atoms with van der Waals surface area (Å²) in [5.74, 6) is 2.20. The summed E-state index contributed by atoms with van der Waals surface area (Å²) < 4.78 is 0. The molecule has 6 atom stereocenters. The Balaban J connectivity index is 1.79. The Morgan fingerprint density at radius 2 is 1.83 bits per heavy atom.